The topological polar surface area (TPSA) is 61.6 Å². The molecule has 2 fully saturated rings. The number of nitrogens with zero attached hydrogens (tertiary/aromatic N) is 4. The molecule has 39 heavy (non-hydrogen) atoms. The maximum absolute atomic E-state index is 14.3. The number of carboxylic acid groups (broad SMARTS) is 1. The number of halogens is 1. The third-order valence-corrected chi connectivity index (χ3v) is 9.88. The highest BCUT2D eigenvalue weighted by Gasteiger charge is 2.42. The number of likely N-dealkylation sites (N-methyl/N-ethyl adjacent to an activating group) is 1. The Morgan fingerprint density at radius 3 is 2.59 bits per heavy atom. The zero-order valence-electron chi connectivity index (χ0n) is 24.3. The minimum atomic E-state index is -0.756. The highest BCUT2D eigenvalue weighted by molar-refractivity contribution is 5.73. The summed E-state index contributed by atoms with van der Waals surface area (Å²) >= 11 is 0. The van der Waals surface area contributed by atoms with E-state index in [-0.39, 0.29) is 23.7 Å². The van der Waals surface area contributed by atoms with Crippen LogP contribution in [0.3, 0.4) is 0 Å². The fourth-order valence-corrected chi connectivity index (χ4v) is 7.98. The van der Waals surface area contributed by atoms with Gasteiger partial charge in [-0.1, -0.05) is 26.0 Å². The molecule has 6 nitrogen and oxygen atoms in total. The van der Waals surface area contributed by atoms with Gasteiger partial charge in [0.15, 0.2) is 0 Å². The van der Waals surface area contributed by atoms with Crippen LogP contribution in [0.1, 0.15) is 93.6 Å². The highest BCUT2D eigenvalue weighted by atomic mass is 19.1. The molecule has 4 atom stereocenters. The Morgan fingerprint density at radius 1 is 1.18 bits per heavy atom. The maximum atomic E-state index is 14.3. The smallest absolute Gasteiger partial charge is 0.321 e. The van der Waals surface area contributed by atoms with E-state index in [4.69, 9.17) is 5.10 Å². The lowest BCUT2D eigenvalue weighted by molar-refractivity contribution is -0.145. The predicted octanol–water partition coefficient (Wildman–Crippen LogP) is 5.70. The fraction of sp³-hybridized carbons (Fsp3) is 0.688. The van der Waals surface area contributed by atoms with Gasteiger partial charge in [-0.25, -0.2) is 4.39 Å². The van der Waals surface area contributed by atoms with Crippen molar-refractivity contribution in [3.05, 3.63) is 52.6 Å². The lowest BCUT2D eigenvalue weighted by Crippen LogP contribution is -2.47. The molecule has 0 spiro atoms. The van der Waals surface area contributed by atoms with E-state index in [0.29, 0.717) is 11.8 Å². The van der Waals surface area contributed by atoms with E-state index in [2.05, 4.69) is 27.5 Å². The second kappa shape index (κ2) is 12.1. The van der Waals surface area contributed by atoms with Crippen LogP contribution in [-0.4, -0.2) is 69.4 Å². The maximum Gasteiger partial charge on any atom is 0.321 e. The van der Waals surface area contributed by atoms with E-state index < -0.39 is 12.0 Å². The standard InChI is InChI=1S/C32H47FN4O2/c1-5-37-31(27-11-6-7-12-29(27)34-37)22-13-15-36(16-14-22)20-24-18-26(35(4)30(21(2)3)32(38)39)19-28(24)23-9-8-10-25(33)17-23/h8-10,17,21-22,24,26,28,30H,5-7,11-16,18-20H2,1-4H3,(H,38,39)/t24?,26?,28?,30-/m1/s1. The van der Waals surface area contributed by atoms with Crippen molar-refractivity contribution in [2.24, 2.45) is 11.8 Å². The van der Waals surface area contributed by atoms with Crippen molar-refractivity contribution in [1.82, 2.24) is 19.6 Å². The summed E-state index contributed by atoms with van der Waals surface area (Å²) in [5.41, 5.74) is 5.47. The van der Waals surface area contributed by atoms with E-state index in [1.54, 1.807) is 11.6 Å². The summed E-state index contributed by atoms with van der Waals surface area (Å²) in [5, 5.41) is 14.9. The van der Waals surface area contributed by atoms with Crippen molar-refractivity contribution in [3.8, 4) is 0 Å². The van der Waals surface area contributed by atoms with Crippen LogP contribution in [-0.2, 0) is 24.2 Å². The molecule has 1 saturated carbocycles. The number of carboxylic acids is 1. The number of piperidine rings is 1. The third kappa shape index (κ3) is 5.95. The van der Waals surface area contributed by atoms with Crippen LogP contribution < -0.4 is 0 Å². The van der Waals surface area contributed by atoms with Crippen molar-refractivity contribution < 1.29 is 14.3 Å². The van der Waals surface area contributed by atoms with E-state index in [1.807, 2.05) is 27.0 Å². The molecule has 2 aliphatic carbocycles. The zero-order chi connectivity index (χ0) is 27.7. The number of hydrogen-bond acceptors (Lipinski definition) is 4. The number of hydrogen-bond donors (Lipinski definition) is 1. The number of rotatable bonds is 9. The van der Waals surface area contributed by atoms with Crippen molar-refractivity contribution >= 4 is 5.97 Å². The summed E-state index contributed by atoms with van der Waals surface area (Å²) in [6.07, 6.45) is 9.01. The first kappa shape index (κ1) is 28.3. The number of carbonyl (C=O) groups is 1. The number of aliphatic carboxylic acids is 1. The summed E-state index contributed by atoms with van der Waals surface area (Å²) in [5.74, 6) is 0.284. The summed E-state index contributed by atoms with van der Waals surface area (Å²) in [6, 6.07) is 6.75. The van der Waals surface area contributed by atoms with Crippen LogP contribution in [0.15, 0.2) is 24.3 Å². The van der Waals surface area contributed by atoms with Gasteiger partial charge >= 0.3 is 5.97 Å². The Bertz CT molecular complexity index is 1140. The zero-order valence-corrected chi connectivity index (χ0v) is 24.3. The molecule has 0 radical (unpaired) electrons. The fourth-order valence-electron chi connectivity index (χ4n) is 7.98. The minimum absolute atomic E-state index is 0.0282. The van der Waals surface area contributed by atoms with E-state index >= 15 is 0 Å². The van der Waals surface area contributed by atoms with Crippen LogP contribution in [0.2, 0.25) is 0 Å². The molecular formula is C32H47FN4O2. The highest BCUT2D eigenvalue weighted by Crippen LogP contribution is 2.44. The normalized spacial score (nSPS) is 25.4. The van der Waals surface area contributed by atoms with Crippen molar-refractivity contribution in [2.75, 3.05) is 26.7 Å². The average molecular weight is 539 g/mol. The molecule has 2 heterocycles. The van der Waals surface area contributed by atoms with Crippen LogP contribution >= 0.6 is 0 Å². The first-order valence-corrected chi connectivity index (χ1v) is 15.3. The van der Waals surface area contributed by atoms with Crippen molar-refractivity contribution in [3.63, 3.8) is 0 Å². The predicted molar refractivity (Wildman–Crippen MR) is 153 cm³/mol. The number of fused-ring (bicyclic) bond motifs is 1. The molecule has 0 amide bonds. The number of likely N-dealkylation sites (tertiary alicyclic amines) is 1. The molecule has 5 rings (SSSR count). The van der Waals surface area contributed by atoms with Gasteiger partial charge in [-0.2, -0.15) is 5.10 Å². The lowest BCUT2D eigenvalue weighted by Gasteiger charge is -2.36. The van der Waals surface area contributed by atoms with E-state index in [1.165, 1.54) is 36.7 Å². The van der Waals surface area contributed by atoms with Gasteiger partial charge in [-0.3, -0.25) is 14.4 Å². The number of benzene rings is 1. The summed E-state index contributed by atoms with van der Waals surface area (Å²) in [6.45, 7) is 10.3. The Morgan fingerprint density at radius 2 is 1.92 bits per heavy atom. The van der Waals surface area contributed by atoms with Crippen LogP contribution in [0.5, 0.6) is 0 Å². The lowest BCUT2D eigenvalue weighted by atomic mass is 9.85. The van der Waals surface area contributed by atoms with Gasteiger partial charge in [-0.05, 0) is 119 Å². The molecule has 2 aromatic rings. The molecule has 0 bridgehead atoms. The van der Waals surface area contributed by atoms with Gasteiger partial charge in [-0.15, -0.1) is 0 Å². The van der Waals surface area contributed by atoms with Gasteiger partial charge in [0.05, 0.1) is 5.69 Å². The molecule has 1 aliphatic heterocycles. The Hall–Kier alpha value is -2.25. The SMILES string of the molecule is CCn1nc2c(c1C1CCN(CC3CC(N(C)[C@@H](C(=O)O)C(C)C)CC3c3cccc(F)c3)CC1)CCCC2. The molecule has 3 unspecified atom stereocenters. The van der Waals surface area contributed by atoms with Gasteiger partial charge in [0.25, 0.3) is 0 Å². The van der Waals surface area contributed by atoms with Gasteiger partial charge in [0, 0.05) is 30.7 Å². The van der Waals surface area contributed by atoms with E-state index in [9.17, 15) is 14.3 Å². The van der Waals surface area contributed by atoms with Gasteiger partial charge in [0.1, 0.15) is 11.9 Å². The molecule has 214 valence electrons. The minimum Gasteiger partial charge on any atom is -0.480 e. The van der Waals surface area contributed by atoms with Crippen LogP contribution in [0, 0.1) is 17.7 Å². The second-order valence-corrected chi connectivity index (χ2v) is 12.6. The molecular weight excluding hydrogens is 491 g/mol. The van der Waals surface area contributed by atoms with Gasteiger partial charge in [0.2, 0.25) is 0 Å². The van der Waals surface area contributed by atoms with E-state index in [0.717, 1.165) is 63.8 Å². The molecule has 1 saturated heterocycles. The summed E-state index contributed by atoms with van der Waals surface area (Å²) in [7, 11) is 1.97. The summed E-state index contributed by atoms with van der Waals surface area (Å²) in [4.78, 5) is 16.8. The van der Waals surface area contributed by atoms with Gasteiger partial charge < -0.3 is 10.0 Å². The molecule has 1 aromatic carbocycles. The Labute approximate surface area is 233 Å². The first-order chi connectivity index (χ1) is 18.8. The average Bonchev–Trinajstić information content (AvgIpc) is 3.50. The molecule has 7 heteroatoms. The molecule has 3 aliphatic rings. The molecule has 1 aromatic heterocycles. The Kier molecular flexibility index (Phi) is 8.77. The second-order valence-electron chi connectivity index (χ2n) is 12.6. The number of aryl methyl sites for hydroxylation is 2. The summed E-state index contributed by atoms with van der Waals surface area (Å²) < 4.78 is 16.5. The quantitative estimate of drug-likeness (QED) is 0.444. The first-order valence-electron chi connectivity index (χ1n) is 15.3. The number of aromatic nitrogens is 2. The Balaban J connectivity index is 1.29. The third-order valence-electron chi connectivity index (χ3n) is 9.88. The van der Waals surface area contributed by atoms with Crippen molar-refractivity contribution in [1.29, 1.82) is 0 Å². The molecule has 1 N–H and O–H groups in total. The largest absolute Gasteiger partial charge is 0.480 e. The van der Waals surface area contributed by atoms with Crippen molar-refractivity contribution in [2.45, 2.75) is 103 Å². The monoisotopic (exact) mass is 538 g/mol. The van der Waals surface area contributed by atoms with Crippen LogP contribution in [0.25, 0.3) is 0 Å². The van der Waals surface area contributed by atoms with Crippen LogP contribution in [0.4, 0.5) is 4.39 Å².